The summed E-state index contributed by atoms with van der Waals surface area (Å²) in [6, 6.07) is 0. The quantitative estimate of drug-likeness (QED) is 0.0506. The fourth-order valence-corrected chi connectivity index (χ4v) is 6.71. The zero-order valence-corrected chi connectivity index (χ0v) is 33.7. The Morgan fingerprint density at radius 3 is 1.28 bits per heavy atom. The van der Waals surface area contributed by atoms with E-state index in [0.29, 0.717) is 32.4 Å². The molecule has 1 amide bonds. The van der Waals surface area contributed by atoms with Gasteiger partial charge in [-0.05, 0) is 25.7 Å². The van der Waals surface area contributed by atoms with Crippen LogP contribution in [0.5, 0.6) is 0 Å². The minimum absolute atomic E-state index is 0.188. The number of halogens is 1. The van der Waals surface area contributed by atoms with Crippen molar-refractivity contribution in [3.8, 4) is 0 Å². The lowest BCUT2D eigenvalue weighted by molar-refractivity contribution is -0.144. The van der Waals surface area contributed by atoms with Gasteiger partial charge in [0, 0.05) is 19.4 Å². The van der Waals surface area contributed by atoms with Gasteiger partial charge in [0.2, 0.25) is 0 Å². The zero-order valence-electron chi connectivity index (χ0n) is 33.7. The fourth-order valence-electron chi connectivity index (χ4n) is 6.71. The summed E-state index contributed by atoms with van der Waals surface area (Å²) < 4.78 is 24.4. The van der Waals surface area contributed by atoms with E-state index in [2.05, 4.69) is 19.2 Å². The highest BCUT2D eigenvalue weighted by molar-refractivity contribution is 5.69. The summed E-state index contributed by atoms with van der Waals surface area (Å²) in [5.41, 5.74) is 0. The number of rotatable bonds is 41. The van der Waals surface area contributed by atoms with Gasteiger partial charge in [-0.15, -0.1) is 0 Å². The second kappa shape index (κ2) is 42.1. The van der Waals surface area contributed by atoms with Crippen LogP contribution < -0.4 is 5.32 Å². The monoisotopic (exact) mass is 712 g/mol. The van der Waals surface area contributed by atoms with E-state index in [0.717, 1.165) is 57.8 Å². The Balaban J connectivity index is 3.25. The average molecular weight is 712 g/mol. The Morgan fingerprint density at radius 2 is 0.820 bits per heavy atom. The number of nitrogens with one attached hydrogen (secondary N) is 1. The van der Waals surface area contributed by atoms with Crippen molar-refractivity contribution in [2.24, 2.45) is 0 Å². The van der Waals surface area contributed by atoms with E-state index >= 15 is 0 Å². The molecule has 298 valence electrons. The summed E-state index contributed by atoms with van der Waals surface area (Å²) >= 11 is 0. The summed E-state index contributed by atoms with van der Waals surface area (Å²) in [6.07, 6.45) is 41.9. The van der Waals surface area contributed by atoms with Gasteiger partial charge in [0.1, 0.15) is 6.17 Å². The molecule has 0 aromatic heterocycles. The van der Waals surface area contributed by atoms with Crippen LogP contribution >= 0.6 is 0 Å². The predicted molar refractivity (Wildman–Crippen MR) is 213 cm³/mol. The Bertz CT molecular complexity index is 691. The van der Waals surface area contributed by atoms with Gasteiger partial charge in [0.15, 0.2) is 0 Å². The van der Waals surface area contributed by atoms with E-state index in [1.54, 1.807) is 0 Å². The van der Waals surface area contributed by atoms with E-state index in [1.165, 1.54) is 154 Å². The molecule has 0 aromatic carbocycles. The molecule has 1 N–H and O–H groups in total. The third-order valence-electron chi connectivity index (χ3n) is 10.1. The summed E-state index contributed by atoms with van der Waals surface area (Å²) in [7, 11) is 0. The van der Waals surface area contributed by atoms with Crippen molar-refractivity contribution < 1.29 is 23.5 Å². The number of alkyl halides is 1. The van der Waals surface area contributed by atoms with Gasteiger partial charge in [-0.2, -0.15) is 0 Å². The molecule has 0 rings (SSSR count). The van der Waals surface area contributed by atoms with Crippen LogP contribution in [0.1, 0.15) is 245 Å². The minimum Gasteiger partial charge on any atom is -0.466 e. The molecule has 0 saturated heterocycles. The zero-order chi connectivity index (χ0) is 36.4. The van der Waals surface area contributed by atoms with Gasteiger partial charge < -0.3 is 14.8 Å². The largest absolute Gasteiger partial charge is 0.466 e. The summed E-state index contributed by atoms with van der Waals surface area (Å²) in [6.45, 7) is 5.89. The molecule has 0 aliphatic rings. The number of hydrogen-bond acceptors (Lipinski definition) is 4. The van der Waals surface area contributed by atoms with Gasteiger partial charge in [0.05, 0.1) is 13.2 Å². The molecule has 5 nitrogen and oxygen atoms in total. The highest BCUT2D eigenvalue weighted by Gasteiger charge is 2.09. The molecule has 1 atom stereocenters. The Morgan fingerprint density at radius 1 is 0.440 bits per heavy atom. The highest BCUT2D eigenvalue weighted by Crippen LogP contribution is 2.16. The molecule has 0 aliphatic carbocycles. The van der Waals surface area contributed by atoms with Gasteiger partial charge in [-0.1, -0.05) is 206 Å². The van der Waals surface area contributed by atoms with Crippen molar-refractivity contribution in [1.82, 2.24) is 5.32 Å². The number of carbonyl (C=O) groups excluding carboxylic acids is 2. The second-order valence-electron chi connectivity index (χ2n) is 15.2. The Hall–Kier alpha value is -1.33. The molecule has 0 spiro atoms. The lowest BCUT2D eigenvalue weighted by atomic mass is 10.0. The van der Waals surface area contributed by atoms with Crippen LogP contribution in [0, 0.1) is 0 Å². The van der Waals surface area contributed by atoms with Crippen LogP contribution in [-0.4, -0.2) is 38.0 Å². The van der Waals surface area contributed by atoms with Crippen molar-refractivity contribution in [1.29, 1.82) is 0 Å². The third kappa shape index (κ3) is 41.1. The van der Waals surface area contributed by atoms with E-state index in [9.17, 15) is 14.0 Å². The van der Waals surface area contributed by atoms with Crippen LogP contribution in [0.15, 0.2) is 0 Å². The van der Waals surface area contributed by atoms with Gasteiger partial charge >= 0.3 is 12.1 Å². The van der Waals surface area contributed by atoms with Gasteiger partial charge in [-0.25, -0.2) is 9.18 Å². The maximum Gasteiger partial charge on any atom is 0.407 e. The van der Waals surface area contributed by atoms with E-state index in [1.807, 2.05) is 0 Å². The van der Waals surface area contributed by atoms with Gasteiger partial charge in [-0.3, -0.25) is 4.79 Å². The Kier molecular flexibility index (Phi) is 41.0. The predicted octanol–water partition coefficient (Wildman–Crippen LogP) is 14.7. The maximum atomic E-state index is 13.9. The molecule has 0 heterocycles. The number of esters is 1. The molecule has 0 aromatic rings. The summed E-state index contributed by atoms with van der Waals surface area (Å²) in [4.78, 5) is 23.8. The molecule has 0 fully saturated rings. The molecule has 0 bridgehead atoms. The van der Waals surface area contributed by atoms with Crippen molar-refractivity contribution >= 4 is 12.1 Å². The molecule has 1 unspecified atom stereocenters. The first-order valence-corrected chi connectivity index (χ1v) is 22.3. The second-order valence-corrected chi connectivity index (χ2v) is 15.2. The normalized spacial score (nSPS) is 11.9. The number of ether oxygens (including phenoxy) is 2. The van der Waals surface area contributed by atoms with E-state index in [-0.39, 0.29) is 18.7 Å². The molecule has 0 radical (unpaired) electrons. The maximum absolute atomic E-state index is 13.9. The number of hydrogen-bond donors (Lipinski definition) is 1. The number of alkyl carbamates (subject to hydrolysis) is 1. The van der Waals surface area contributed by atoms with Crippen molar-refractivity contribution in [2.75, 3.05) is 19.8 Å². The first-order valence-electron chi connectivity index (χ1n) is 22.3. The molecule has 6 heteroatoms. The minimum atomic E-state index is -0.850. The number of amides is 1. The van der Waals surface area contributed by atoms with Crippen LogP contribution in [0.25, 0.3) is 0 Å². The lowest BCUT2D eigenvalue weighted by Crippen LogP contribution is -2.25. The SMILES string of the molecule is CCCCCCCCCCCCCCCCCCCCCCOC(=O)NCCCCCCCCCCC(=O)OCCC(F)CCCCCCC. The third-order valence-corrected chi connectivity index (χ3v) is 10.1. The van der Waals surface area contributed by atoms with Gasteiger partial charge in [0.25, 0.3) is 0 Å². The first-order chi connectivity index (χ1) is 24.6. The lowest BCUT2D eigenvalue weighted by Gasteiger charge is -2.09. The summed E-state index contributed by atoms with van der Waals surface area (Å²) in [5.74, 6) is -0.188. The molecule has 50 heavy (non-hydrogen) atoms. The standard InChI is InChI=1S/C44H86FNO4/c1-3-5-7-9-10-11-12-13-14-15-16-17-18-19-20-21-24-27-31-35-40-50-44(48)46-39-34-30-26-23-22-25-29-33-37-43(47)49-41-38-42(45)36-32-28-8-6-4-2/h42H,3-41H2,1-2H3,(H,46,48). The topological polar surface area (TPSA) is 64.6 Å². The van der Waals surface area contributed by atoms with Crippen molar-refractivity contribution in [2.45, 2.75) is 251 Å². The van der Waals surface area contributed by atoms with Crippen LogP contribution in [-0.2, 0) is 14.3 Å². The van der Waals surface area contributed by atoms with Crippen LogP contribution in [0.3, 0.4) is 0 Å². The van der Waals surface area contributed by atoms with Crippen LogP contribution in [0.4, 0.5) is 9.18 Å². The first kappa shape index (κ1) is 48.7. The molecule has 0 saturated carbocycles. The number of unbranched alkanes of at least 4 members (excludes halogenated alkanes) is 30. The van der Waals surface area contributed by atoms with Crippen molar-refractivity contribution in [3.05, 3.63) is 0 Å². The smallest absolute Gasteiger partial charge is 0.407 e. The summed E-state index contributed by atoms with van der Waals surface area (Å²) in [5, 5.41) is 2.88. The van der Waals surface area contributed by atoms with Crippen LogP contribution in [0.2, 0.25) is 0 Å². The average Bonchev–Trinajstić information content (AvgIpc) is 3.11. The molecule has 0 aliphatic heterocycles. The molecular weight excluding hydrogens is 625 g/mol. The van der Waals surface area contributed by atoms with Crippen molar-refractivity contribution in [3.63, 3.8) is 0 Å². The number of carbonyl (C=O) groups is 2. The Labute approximate surface area is 311 Å². The molecular formula is C44H86FNO4. The van der Waals surface area contributed by atoms with E-state index in [4.69, 9.17) is 9.47 Å². The fraction of sp³-hybridized carbons (Fsp3) is 0.955. The van der Waals surface area contributed by atoms with E-state index < -0.39 is 6.17 Å². The highest BCUT2D eigenvalue weighted by atomic mass is 19.1.